The van der Waals surface area contributed by atoms with E-state index in [9.17, 15) is 0 Å². The van der Waals surface area contributed by atoms with Gasteiger partial charge in [0.15, 0.2) is 5.82 Å². The lowest BCUT2D eigenvalue weighted by Crippen LogP contribution is -2.42. The Morgan fingerprint density at radius 3 is 2.50 bits per heavy atom. The van der Waals surface area contributed by atoms with Gasteiger partial charge >= 0.3 is 0 Å². The molecule has 2 rings (SSSR count). The molecule has 114 valence electrons. The molecule has 1 aliphatic rings. The highest BCUT2D eigenvalue weighted by Crippen LogP contribution is 2.37. The smallest absolute Gasteiger partial charge is 0.229 e. The van der Waals surface area contributed by atoms with Crippen molar-refractivity contribution in [2.24, 2.45) is 0 Å². The quantitative estimate of drug-likeness (QED) is 0.778. The van der Waals surface area contributed by atoms with Gasteiger partial charge in [-0.2, -0.15) is 16.7 Å². The zero-order valence-corrected chi connectivity index (χ0v) is 13.9. The molecule has 4 nitrogen and oxygen atoms in total. The monoisotopic (exact) mass is 297 g/mol. The number of nitrogens with one attached hydrogen (secondary N) is 1. The SMILES string of the molecule is CC(C)SCCNC1(c2noc(C(C)C)n2)CCCC1. The predicted octanol–water partition coefficient (Wildman–Crippen LogP) is 3.69. The van der Waals surface area contributed by atoms with Crippen molar-refractivity contribution in [3.8, 4) is 0 Å². The average molecular weight is 297 g/mol. The van der Waals surface area contributed by atoms with Crippen LogP contribution in [0.2, 0.25) is 0 Å². The summed E-state index contributed by atoms with van der Waals surface area (Å²) in [6.45, 7) is 9.67. The van der Waals surface area contributed by atoms with Gasteiger partial charge in [-0.05, 0) is 18.1 Å². The summed E-state index contributed by atoms with van der Waals surface area (Å²) in [5, 5.41) is 8.65. The maximum Gasteiger partial charge on any atom is 0.229 e. The Morgan fingerprint density at radius 2 is 1.95 bits per heavy atom. The lowest BCUT2D eigenvalue weighted by molar-refractivity contribution is 0.302. The van der Waals surface area contributed by atoms with Gasteiger partial charge in [0.25, 0.3) is 0 Å². The van der Waals surface area contributed by atoms with Crippen molar-refractivity contribution in [3.63, 3.8) is 0 Å². The van der Waals surface area contributed by atoms with Crippen LogP contribution in [0.5, 0.6) is 0 Å². The van der Waals surface area contributed by atoms with Crippen LogP contribution in [0.25, 0.3) is 0 Å². The third kappa shape index (κ3) is 3.76. The van der Waals surface area contributed by atoms with E-state index in [1.165, 1.54) is 12.8 Å². The fourth-order valence-corrected chi connectivity index (χ4v) is 3.40. The molecule has 5 heteroatoms. The van der Waals surface area contributed by atoms with E-state index in [4.69, 9.17) is 4.52 Å². The van der Waals surface area contributed by atoms with Crippen molar-refractivity contribution in [3.05, 3.63) is 11.7 Å². The van der Waals surface area contributed by atoms with Crippen molar-refractivity contribution < 1.29 is 4.52 Å². The standard InChI is InChI=1S/C15H27N3OS/c1-11(2)13-17-14(18-19-13)15(7-5-6-8-15)16-9-10-20-12(3)4/h11-12,16H,5-10H2,1-4H3. The first kappa shape index (κ1) is 15.8. The molecule has 1 aromatic rings. The fourth-order valence-electron chi connectivity index (χ4n) is 2.71. The second kappa shape index (κ2) is 6.94. The highest BCUT2D eigenvalue weighted by molar-refractivity contribution is 7.99. The third-order valence-corrected chi connectivity index (χ3v) is 4.94. The molecule has 0 spiro atoms. The van der Waals surface area contributed by atoms with Crippen molar-refractivity contribution in [2.75, 3.05) is 12.3 Å². The van der Waals surface area contributed by atoms with Gasteiger partial charge < -0.3 is 9.84 Å². The van der Waals surface area contributed by atoms with Gasteiger partial charge in [-0.15, -0.1) is 0 Å². The summed E-state index contributed by atoms with van der Waals surface area (Å²) >= 11 is 1.99. The first-order chi connectivity index (χ1) is 9.53. The molecule has 1 saturated carbocycles. The van der Waals surface area contributed by atoms with E-state index in [0.717, 1.165) is 36.9 Å². The molecule has 0 radical (unpaired) electrons. The second-order valence-electron chi connectivity index (χ2n) is 6.25. The molecule has 0 amide bonds. The van der Waals surface area contributed by atoms with E-state index in [1.807, 2.05) is 11.8 Å². The minimum atomic E-state index is -0.0474. The minimum Gasteiger partial charge on any atom is -0.339 e. The van der Waals surface area contributed by atoms with E-state index in [0.29, 0.717) is 11.2 Å². The van der Waals surface area contributed by atoms with Crippen molar-refractivity contribution in [2.45, 2.75) is 70.1 Å². The molecule has 0 atom stereocenters. The first-order valence-corrected chi connectivity index (χ1v) is 8.79. The molecule has 0 aromatic carbocycles. The Labute approximate surface area is 126 Å². The van der Waals surface area contributed by atoms with Crippen LogP contribution < -0.4 is 5.32 Å². The molecule has 1 aromatic heterocycles. The number of hydrogen-bond donors (Lipinski definition) is 1. The normalized spacial score (nSPS) is 18.3. The molecule has 0 aliphatic heterocycles. The third-order valence-electron chi connectivity index (χ3n) is 3.84. The number of aromatic nitrogens is 2. The number of hydrogen-bond acceptors (Lipinski definition) is 5. The van der Waals surface area contributed by atoms with Crippen LogP contribution in [0.3, 0.4) is 0 Å². The van der Waals surface area contributed by atoms with E-state index >= 15 is 0 Å². The maximum atomic E-state index is 5.40. The first-order valence-electron chi connectivity index (χ1n) is 7.74. The highest BCUT2D eigenvalue weighted by atomic mass is 32.2. The van der Waals surface area contributed by atoms with E-state index in [2.05, 4.69) is 43.2 Å². The summed E-state index contributed by atoms with van der Waals surface area (Å²) in [6, 6.07) is 0. The lowest BCUT2D eigenvalue weighted by atomic mass is 9.96. The van der Waals surface area contributed by atoms with Crippen molar-refractivity contribution >= 4 is 11.8 Å². The number of nitrogens with zero attached hydrogens (tertiary/aromatic N) is 2. The molecule has 0 bridgehead atoms. The summed E-state index contributed by atoms with van der Waals surface area (Å²) in [6.07, 6.45) is 4.73. The Bertz CT molecular complexity index is 411. The van der Waals surface area contributed by atoms with Crippen LogP contribution in [0.15, 0.2) is 4.52 Å². The highest BCUT2D eigenvalue weighted by Gasteiger charge is 2.39. The topological polar surface area (TPSA) is 51.0 Å². The Hall–Kier alpha value is -0.550. The van der Waals surface area contributed by atoms with Gasteiger partial charge in [0, 0.05) is 18.2 Å². The molecule has 0 unspecified atom stereocenters. The van der Waals surface area contributed by atoms with Gasteiger partial charge in [-0.1, -0.05) is 45.7 Å². The minimum absolute atomic E-state index is 0.0474. The number of rotatable bonds is 7. The van der Waals surface area contributed by atoms with Gasteiger partial charge in [0.1, 0.15) is 0 Å². The van der Waals surface area contributed by atoms with Crippen LogP contribution in [0.4, 0.5) is 0 Å². The zero-order chi connectivity index (χ0) is 14.6. The zero-order valence-electron chi connectivity index (χ0n) is 13.1. The molecular formula is C15H27N3OS. The lowest BCUT2D eigenvalue weighted by Gasteiger charge is -2.27. The average Bonchev–Trinajstić information content (AvgIpc) is 3.04. The number of thioether (sulfide) groups is 1. The van der Waals surface area contributed by atoms with Gasteiger partial charge in [0.2, 0.25) is 5.89 Å². The molecule has 20 heavy (non-hydrogen) atoms. The molecule has 1 heterocycles. The van der Waals surface area contributed by atoms with E-state index < -0.39 is 0 Å². The Kier molecular flexibility index (Phi) is 5.49. The largest absolute Gasteiger partial charge is 0.339 e. The van der Waals surface area contributed by atoms with Crippen molar-refractivity contribution in [1.82, 2.24) is 15.5 Å². The summed E-state index contributed by atoms with van der Waals surface area (Å²) in [5.74, 6) is 3.05. The molecule has 1 N–H and O–H groups in total. The second-order valence-corrected chi connectivity index (χ2v) is 7.93. The molecular weight excluding hydrogens is 270 g/mol. The molecule has 1 fully saturated rings. The van der Waals surface area contributed by atoms with Crippen LogP contribution in [-0.2, 0) is 5.54 Å². The Morgan fingerprint density at radius 1 is 1.25 bits per heavy atom. The molecule has 1 aliphatic carbocycles. The summed E-state index contributed by atoms with van der Waals surface area (Å²) < 4.78 is 5.40. The van der Waals surface area contributed by atoms with Gasteiger partial charge in [-0.3, -0.25) is 0 Å². The van der Waals surface area contributed by atoms with Crippen LogP contribution in [0, 0.1) is 0 Å². The van der Waals surface area contributed by atoms with Gasteiger partial charge in [0.05, 0.1) is 5.54 Å². The predicted molar refractivity (Wildman–Crippen MR) is 84.1 cm³/mol. The van der Waals surface area contributed by atoms with Crippen LogP contribution >= 0.6 is 11.8 Å². The maximum absolute atomic E-state index is 5.40. The fraction of sp³-hybridized carbons (Fsp3) is 0.867. The van der Waals surface area contributed by atoms with E-state index in [1.54, 1.807) is 0 Å². The summed E-state index contributed by atoms with van der Waals surface area (Å²) in [5.41, 5.74) is -0.0474. The molecule has 0 saturated heterocycles. The van der Waals surface area contributed by atoms with Crippen LogP contribution in [0.1, 0.15) is 71.0 Å². The Balaban J connectivity index is 2.01. The van der Waals surface area contributed by atoms with Crippen molar-refractivity contribution in [1.29, 1.82) is 0 Å². The summed E-state index contributed by atoms with van der Waals surface area (Å²) in [7, 11) is 0. The van der Waals surface area contributed by atoms with Gasteiger partial charge in [-0.25, -0.2) is 0 Å². The van der Waals surface area contributed by atoms with E-state index in [-0.39, 0.29) is 5.54 Å². The van der Waals surface area contributed by atoms with Crippen LogP contribution in [-0.4, -0.2) is 27.7 Å². The summed E-state index contributed by atoms with van der Waals surface area (Å²) in [4.78, 5) is 4.63.